The number of carbonyl (C=O) groups excluding carboxylic acids is 1. The summed E-state index contributed by atoms with van der Waals surface area (Å²) in [5.41, 5.74) is 9.06. The first-order valence-corrected chi connectivity index (χ1v) is 6.91. The van der Waals surface area contributed by atoms with Crippen LogP contribution < -0.4 is 11.1 Å². The number of aryl methyl sites for hydroxylation is 1. The molecular weight excluding hydrogens is 267 g/mol. The molecule has 0 spiro atoms. The van der Waals surface area contributed by atoms with Crippen LogP contribution in [0.5, 0.6) is 0 Å². The standard InChI is InChI=1S/C17H19FN2O/c1-12-10-14(17(19)21)4-5-15(12)11-20-9-8-13-2-6-16(18)7-3-13/h2-7,10,20H,8-9,11H2,1H3,(H2,19,21). The van der Waals surface area contributed by atoms with Gasteiger partial charge in [0.25, 0.3) is 0 Å². The predicted molar refractivity (Wildman–Crippen MR) is 81.5 cm³/mol. The minimum absolute atomic E-state index is 0.211. The molecule has 3 nitrogen and oxygen atoms in total. The fourth-order valence-corrected chi connectivity index (χ4v) is 2.15. The van der Waals surface area contributed by atoms with Gasteiger partial charge in [0.05, 0.1) is 0 Å². The van der Waals surface area contributed by atoms with Gasteiger partial charge in [-0.1, -0.05) is 18.2 Å². The van der Waals surface area contributed by atoms with Gasteiger partial charge in [-0.25, -0.2) is 4.39 Å². The van der Waals surface area contributed by atoms with Crippen molar-refractivity contribution in [3.05, 3.63) is 70.5 Å². The van der Waals surface area contributed by atoms with Crippen molar-refractivity contribution < 1.29 is 9.18 Å². The summed E-state index contributed by atoms with van der Waals surface area (Å²) in [4.78, 5) is 11.1. The van der Waals surface area contributed by atoms with Crippen molar-refractivity contribution in [3.8, 4) is 0 Å². The van der Waals surface area contributed by atoms with Crippen molar-refractivity contribution in [3.63, 3.8) is 0 Å². The Labute approximate surface area is 124 Å². The zero-order valence-corrected chi connectivity index (χ0v) is 12.0. The summed E-state index contributed by atoms with van der Waals surface area (Å²) in [6.07, 6.45) is 0.846. The lowest BCUT2D eigenvalue weighted by Gasteiger charge is -2.09. The van der Waals surface area contributed by atoms with Crippen LogP contribution in [-0.4, -0.2) is 12.5 Å². The van der Waals surface area contributed by atoms with Crippen molar-refractivity contribution >= 4 is 5.91 Å². The molecule has 0 bridgehead atoms. The van der Waals surface area contributed by atoms with Crippen LogP contribution >= 0.6 is 0 Å². The maximum atomic E-state index is 12.8. The highest BCUT2D eigenvalue weighted by Gasteiger charge is 2.04. The van der Waals surface area contributed by atoms with Gasteiger partial charge in [0.15, 0.2) is 0 Å². The average Bonchev–Trinajstić information content (AvgIpc) is 2.46. The zero-order valence-electron chi connectivity index (χ0n) is 12.0. The Morgan fingerprint density at radius 1 is 1.19 bits per heavy atom. The van der Waals surface area contributed by atoms with Crippen LogP contribution in [0.2, 0.25) is 0 Å². The number of carbonyl (C=O) groups is 1. The fraction of sp³-hybridized carbons (Fsp3) is 0.235. The van der Waals surface area contributed by atoms with Gasteiger partial charge >= 0.3 is 0 Å². The summed E-state index contributed by atoms with van der Waals surface area (Å²) in [5, 5.41) is 3.34. The molecule has 0 aliphatic rings. The Bertz CT molecular complexity index is 623. The van der Waals surface area contributed by atoms with Gasteiger partial charge in [0.2, 0.25) is 5.91 Å². The summed E-state index contributed by atoms with van der Waals surface area (Å²) >= 11 is 0. The first-order chi connectivity index (χ1) is 10.1. The quantitative estimate of drug-likeness (QED) is 0.802. The SMILES string of the molecule is Cc1cc(C(N)=O)ccc1CNCCc1ccc(F)cc1. The summed E-state index contributed by atoms with van der Waals surface area (Å²) in [6, 6.07) is 12.0. The molecule has 0 saturated heterocycles. The second-order valence-corrected chi connectivity index (χ2v) is 5.06. The number of amides is 1. The molecule has 110 valence electrons. The summed E-state index contributed by atoms with van der Waals surface area (Å²) < 4.78 is 12.8. The lowest BCUT2D eigenvalue weighted by molar-refractivity contribution is 0.1000. The largest absolute Gasteiger partial charge is 0.366 e. The first-order valence-electron chi connectivity index (χ1n) is 6.91. The molecule has 0 aromatic heterocycles. The van der Waals surface area contributed by atoms with Gasteiger partial charge in [-0.15, -0.1) is 0 Å². The van der Waals surface area contributed by atoms with Crippen molar-refractivity contribution in [1.29, 1.82) is 0 Å². The Morgan fingerprint density at radius 2 is 1.90 bits per heavy atom. The number of primary amides is 1. The third-order valence-corrected chi connectivity index (χ3v) is 3.45. The van der Waals surface area contributed by atoms with Crippen molar-refractivity contribution in [2.75, 3.05) is 6.54 Å². The topological polar surface area (TPSA) is 55.1 Å². The van der Waals surface area contributed by atoms with Crippen LogP contribution in [0.4, 0.5) is 4.39 Å². The highest BCUT2D eigenvalue weighted by molar-refractivity contribution is 5.93. The Morgan fingerprint density at radius 3 is 2.52 bits per heavy atom. The third-order valence-electron chi connectivity index (χ3n) is 3.45. The molecule has 0 radical (unpaired) electrons. The molecule has 21 heavy (non-hydrogen) atoms. The highest BCUT2D eigenvalue weighted by atomic mass is 19.1. The van der Waals surface area contributed by atoms with Crippen LogP contribution in [0, 0.1) is 12.7 Å². The van der Waals surface area contributed by atoms with Crippen molar-refractivity contribution in [2.24, 2.45) is 5.73 Å². The molecule has 0 aliphatic carbocycles. The Kier molecular flexibility index (Phi) is 5.06. The Hall–Kier alpha value is -2.20. The van der Waals surface area contributed by atoms with Gasteiger partial charge in [-0.3, -0.25) is 4.79 Å². The summed E-state index contributed by atoms with van der Waals surface area (Å²) in [6.45, 7) is 3.50. The monoisotopic (exact) mass is 286 g/mol. The lowest BCUT2D eigenvalue weighted by Crippen LogP contribution is -2.18. The van der Waals surface area contributed by atoms with E-state index in [1.165, 1.54) is 12.1 Å². The average molecular weight is 286 g/mol. The lowest BCUT2D eigenvalue weighted by atomic mass is 10.0. The molecule has 3 N–H and O–H groups in total. The normalized spacial score (nSPS) is 10.6. The van der Waals surface area contributed by atoms with E-state index in [1.807, 2.05) is 13.0 Å². The maximum absolute atomic E-state index is 12.8. The smallest absolute Gasteiger partial charge is 0.248 e. The predicted octanol–water partition coefficient (Wildman–Crippen LogP) is 2.57. The highest BCUT2D eigenvalue weighted by Crippen LogP contribution is 2.11. The van der Waals surface area contributed by atoms with E-state index >= 15 is 0 Å². The molecule has 0 atom stereocenters. The van der Waals surface area contributed by atoms with Gasteiger partial charge in [0, 0.05) is 12.1 Å². The van der Waals surface area contributed by atoms with Gasteiger partial charge in [-0.2, -0.15) is 0 Å². The molecule has 0 unspecified atom stereocenters. The number of hydrogen-bond acceptors (Lipinski definition) is 2. The summed E-state index contributed by atoms with van der Waals surface area (Å²) in [7, 11) is 0. The molecule has 2 rings (SSSR count). The van der Waals surface area contributed by atoms with Crippen LogP contribution in [0.25, 0.3) is 0 Å². The number of benzene rings is 2. The van der Waals surface area contributed by atoms with E-state index in [0.29, 0.717) is 5.56 Å². The summed E-state index contributed by atoms with van der Waals surface area (Å²) in [5.74, 6) is -0.620. The number of nitrogens with one attached hydrogen (secondary N) is 1. The fourth-order valence-electron chi connectivity index (χ4n) is 2.15. The minimum Gasteiger partial charge on any atom is -0.366 e. The van der Waals surface area contributed by atoms with Gasteiger partial charge in [-0.05, 0) is 60.8 Å². The van der Waals surface area contributed by atoms with E-state index in [-0.39, 0.29) is 5.82 Å². The zero-order chi connectivity index (χ0) is 15.2. The van der Waals surface area contributed by atoms with Crippen LogP contribution in [0.15, 0.2) is 42.5 Å². The second-order valence-electron chi connectivity index (χ2n) is 5.06. The van der Waals surface area contributed by atoms with Crippen molar-refractivity contribution in [2.45, 2.75) is 19.9 Å². The molecule has 2 aromatic rings. The number of hydrogen-bond donors (Lipinski definition) is 2. The van der Waals surface area contributed by atoms with E-state index in [4.69, 9.17) is 5.73 Å². The molecule has 1 amide bonds. The second kappa shape index (κ2) is 6.99. The Balaban J connectivity index is 1.83. The van der Waals surface area contributed by atoms with E-state index in [2.05, 4.69) is 5.32 Å². The number of nitrogens with two attached hydrogens (primary N) is 1. The molecule has 0 heterocycles. The van der Waals surface area contributed by atoms with E-state index in [1.54, 1.807) is 24.3 Å². The molecule has 0 fully saturated rings. The molecule has 0 aliphatic heterocycles. The molecule has 2 aromatic carbocycles. The van der Waals surface area contributed by atoms with E-state index in [0.717, 1.165) is 36.2 Å². The van der Waals surface area contributed by atoms with E-state index < -0.39 is 5.91 Å². The van der Waals surface area contributed by atoms with Crippen LogP contribution in [0.3, 0.4) is 0 Å². The number of halogens is 1. The third kappa shape index (κ3) is 4.39. The maximum Gasteiger partial charge on any atom is 0.248 e. The van der Waals surface area contributed by atoms with Gasteiger partial charge in [0.1, 0.15) is 5.82 Å². The number of rotatable bonds is 6. The van der Waals surface area contributed by atoms with E-state index in [9.17, 15) is 9.18 Å². The molecular formula is C17H19FN2O. The van der Waals surface area contributed by atoms with Gasteiger partial charge < -0.3 is 11.1 Å². The molecule has 0 saturated carbocycles. The van der Waals surface area contributed by atoms with Crippen LogP contribution in [0.1, 0.15) is 27.0 Å². The van der Waals surface area contributed by atoms with Crippen molar-refractivity contribution in [1.82, 2.24) is 5.32 Å². The molecule has 4 heteroatoms. The van der Waals surface area contributed by atoms with Crippen LogP contribution in [-0.2, 0) is 13.0 Å². The minimum atomic E-state index is -0.408. The first kappa shape index (κ1) is 15.2.